The van der Waals surface area contributed by atoms with E-state index >= 15 is 0 Å². The fourth-order valence-corrected chi connectivity index (χ4v) is 5.48. The molecule has 2 aliphatic rings. The maximum absolute atomic E-state index is 13.6. The number of aryl methyl sites for hydroxylation is 2. The Morgan fingerprint density at radius 1 is 1.09 bits per heavy atom. The third-order valence-corrected chi connectivity index (χ3v) is 7.60. The number of carbonyl (C=O) groups excluding carboxylic acids is 1. The third kappa shape index (κ3) is 3.13. The number of halogens is 3. The number of fused-ring (bicyclic) bond motifs is 4. The summed E-state index contributed by atoms with van der Waals surface area (Å²) in [7, 11) is 0. The van der Waals surface area contributed by atoms with Crippen LogP contribution in [0.25, 0.3) is 10.8 Å². The summed E-state index contributed by atoms with van der Waals surface area (Å²) in [4.78, 5) is 19.1. The molecule has 3 aromatic carbocycles. The van der Waals surface area contributed by atoms with Gasteiger partial charge in [0.2, 0.25) is 5.72 Å². The first-order valence-electron chi connectivity index (χ1n) is 11.6. The van der Waals surface area contributed by atoms with Gasteiger partial charge in [0.25, 0.3) is 0 Å². The van der Waals surface area contributed by atoms with Crippen LogP contribution in [0.2, 0.25) is 0 Å². The Hall–Kier alpha value is -3.35. The van der Waals surface area contributed by atoms with Gasteiger partial charge in [0.15, 0.2) is 5.78 Å². The molecule has 7 heteroatoms. The Morgan fingerprint density at radius 2 is 1.77 bits per heavy atom. The van der Waals surface area contributed by atoms with Gasteiger partial charge < -0.3 is 9.64 Å². The second kappa shape index (κ2) is 7.33. The fraction of sp³-hybridized carbons (Fsp3) is 0.357. The van der Waals surface area contributed by atoms with Crippen molar-refractivity contribution < 1.29 is 22.7 Å². The largest absolute Gasteiger partial charge is 0.459 e. The van der Waals surface area contributed by atoms with Crippen molar-refractivity contribution in [3.63, 3.8) is 0 Å². The van der Waals surface area contributed by atoms with E-state index < -0.39 is 28.7 Å². The zero-order chi connectivity index (χ0) is 25.5. The molecule has 1 spiro atoms. The first-order chi connectivity index (χ1) is 16.3. The summed E-state index contributed by atoms with van der Waals surface area (Å²) in [6.45, 7) is 12.3. The lowest BCUT2D eigenvalue weighted by Gasteiger charge is -2.46. The van der Waals surface area contributed by atoms with E-state index in [1.165, 1.54) is 17.2 Å². The molecule has 5 rings (SSSR count). The second-order valence-corrected chi connectivity index (χ2v) is 9.96. The van der Waals surface area contributed by atoms with Crippen LogP contribution in [0.3, 0.4) is 0 Å². The molecule has 0 bridgehead atoms. The lowest BCUT2D eigenvalue weighted by molar-refractivity contribution is -0.137. The Bertz CT molecular complexity index is 1440. The predicted octanol–water partition coefficient (Wildman–Crippen LogP) is 7.29. The summed E-state index contributed by atoms with van der Waals surface area (Å²) >= 11 is 0. The number of Topliss-reactive ketones (excluding diaryl/α,β-unsaturated/α-hetero) is 1. The fourth-order valence-electron chi connectivity index (χ4n) is 5.48. The van der Waals surface area contributed by atoms with E-state index in [0.29, 0.717) is 28.8 Å². The zero-order valence-corrected chi connectivity index (χ0v) is 20.6. The Morgan fingerprint density at radius 3 is 2.40 bits per heavy atom. The van der Waals surface area contributed by atoms with Gasteiger partial charge >= 0.3 is 6.18 Å². The quantitative estimate of drug-likeness (QED) is 0.362. The van der Waals surface area contributed by atoms with Crippen molar-refractivity contribution in [2.45, 2.75) is 58.9 Å². The van der Waals surface area contributed by atoms with Crippen LogP contribution in [0.4, 0.5) is 24.5 Å². The highest BCUT2D eigenvalue weighted by atomic mass is 19.4. The minimum Gasteiger partial charge on any atom is -0.459 e. The van der Waals surface area contributed by atoms with E-state index in [0.717, 1.165) is 24.2 Å². The topological polar surface area (TPSA) is 41.9 Å². The maximum Gasteiger partial charge on any atom is 0.417 e. The molecule has 0 saturated heterocycles. The van der Waals surface area contributed by atoms with Gasteiger partial charge in [0.1, 0.15) is 11.4 Å². The van der Waals surface area contributed by atoms with E-state index in [2.05, 4.69) is 51.7 Å². The highest BCUT2D eigenvalue weighted by Crippen LogP contribution is 2.55. The molecule has 0 N–H and O–H groups in total. The van der Waals surface area contributed by atoms with Crippen LogP contribution in [0.5, 0.6) is 5.75 Å². The van der Waals surface area contributed by atoms with Crippen molar-refractivity contribution in [3.8, 4) is 5.75 Å². The number of aliphatic imine (C=N–C) groups is 1. The number of carbonyl (C=O) groups is 1. The number of alkyl halides is 3. The summed E-state index contributed by atoms with van der Waals surface area (Å²) in [5, 5.41) is 0.806. The standard InChI is InChI=1S/C28H27F3N2O2/c1-7-33-23-11-16(3)15(2)10-22(23)26(5,6)27(33)14-32-25-20-13-19(17(4)34)21(28(29,30)31)12-18(20)8-9-24(25)35-27/h8-14H,7H2,1-6H3. The average Bonchev–Trinajstić information content (AvgIpc) is 2.95. The SMILES string of the molecule is CCN1c2cc(C)c(C)cc2C(C)(C)C12C=Nc1c(ccc3cc(C(F)(F)F)c(C(C)=O)cc13)O2. The second-order valence-electron chi connectivity index (χ2n) is 9.96. The molecule has 0 amide bonds. The van der Waals surface area contributed by atoms with E-state index in [1.807, 2.05) is 0 Å². The molecule has 0 aliphatic carbocycles. The van der Waals surface area contributed by atoms with E-state index in [4.69, 9.17) is 9.73 Å². The minimum atomic E-state index is -4.63. The summed E-state index contributed by atoms with van der Waals surface area (Å²) in [6, 6.07) is 9.96. The van der Waals surface area contributed by atoms with Gasteiger partial charge in [-0.3, -0.25) is 9.79 Å². The van der Waals surface area contributed by atoms with Crippen LogP contribution in [-0.4, -0.2) is 24.3 Å². The first kappa shape index (κ1) is 23.4. The number of rotatable bonds is 2. The number of hydrogen-bond acceptors (Lipinski definition) is 4. The molecule has 182 valence electrons. The predicted molar refractivity (Wildman–Crippen MR) is 132 cm³/mol. The summed E-state index contributed by atoms with van der Waals surface area (Å²) < 4.78 is 47.6. The molecule has 35 heavy (non-hydrogen) atoms. The van der Waals surface area contributed by atoms with Crippen LogP contribution >= 0.6 is 0 Å². The van der Waals surface area contributed by atoms with Gasteiger partial charge in [0.05, 0.1) is 17.2 Å². The van der Waals surface area contributed by atoms with Crippen molar-refractivity contribution in [2.24, 2.45) is 4.99 Å². The van der Waals surface area contributed by atoms with E-state index in [-0.39, 0.29) is 5.56 Å². The van der Waals surface area contributed by atoms with Crippen LogP contribution in [-0.2, 0) is 11.6 Å². The average molecular weight is 481 g/mol. The Kier molecular flexibility index (Phi) is 4.90. The van der Waals surface area contributed by atoms with Crippen molar-refractivity contribution in [1.82, 2.24) is 0 Å². The lowest BCUT2D eigenvalue weighted by atomic mass is 9.77. The third-order valence-electron chi connectivity index (χ3n) is 7.60. The smallest absolute Gasteiger partial charge is 0.417 e. The summed E-state index contributed by atoms with van der Waals surface area (Å²) in [6.07, 6.45) is -2.86. The molecule has 1 atom stereocenters. The van der Waals surface area contributed by atoms with Crippen LogP contribution in [0.1, 0.15) is 60.3 Å². The number of hydrogen-bond donors (Lipinski definition) is 0. The Balaban J connectivity index is 1.71. The van der Waals surface area contributed by atoms with Crippen molar-refractivity contribution in [2.75, 3.05) is 11.4 Å². The number of likely N-dealkylation sites (N-methyl/N-ethyl adjacent to an activating group) is 1. The van der Waals surface area contributed by atoms with Gasteiger partial charge in [-0.05, 0) is 87.9 Å². The van der Waals surface area contributed by atoms with Gasteiger partial charge in [-0.1, -0.05) is 12.1 Å². The molecule has 0 fully saturated rings. The monoisotopic (exact) mass is 480 g/mol. The maximum atomic E-state index is 13.6. The van der Waals surface area contributed by atoms with Crippen molar-refractivity contribution >= 4 is 34.1 Å². The van der Waals surface area contributed by atoms with Crippen LogP contribution in [0, 0.1) is 13.8 Å². The molecule has 0 saturated carbocycles. The molecule has 0 radical (unpaired) electrons. The lowest BCUT2D eigenvalue weighted by Crippen LogP contribution is -2.62. The normalized spacial score (nSPS) is 20.2. The number of benzene rings is 3. The molecule has 1 unspecified atom stereocenters. The van der Waals surface area contributed by atoms with Gasteiger partial charge in [-0.25, -0.2) is 0 Å². The highest BCUT2D eigenvalue weighted by Gasteiger charge is 2.59. The highest BCUT2D eigenvalue weighted by molar-refractivity contribution is 6.05. The number of ether oxygens (including phenoxy) is 1. The molecule has 3 aromatic rings. The number of nitrogens with zero attached hydrogens (tertiary/aromatic N) is 2. The first-order valence-corrected chi connectivity index (χ1v) is 11.6. The molecule has 0 aromatic heterocycles. The molecular formula is C28H27F3N2O2. The van der Waals surface area contributed by atoms with Gasteiger partial charge in [0, 0.05) is 23.2 Å². The number of anilines is 1. The minimum absolute atomic E-state index is 0.352. The summed E-state index contributed by atoms with van der Waals surface area (Å²) in [5.41, 5.74) is 2.38. The van der Waals surface area contributed by atoms with Crippen molar-refractivity contribution in [3.05, 3.63) is 64.2 Å². The van der Waals surface area contributed by atoms with Crippen LogP contribution in [0.15, 0.2) is 41.4 Å². The van der Waals surface area contributed by atoms with Crippen molar-refractivity contribution in [1.29, 1.82) is 0 Å². The molecule has 2 aliphatic heterocycles. The zero-order valence-electron chi connectivity index (χ0n) is 20.6. The van der Waals surface area contributed by atoms with Crippen LogP contribution < -0.4 is 9.64 Å². The van der Waals surface area contributed by atoms with Gasteiger partial charge in [-0.2, -0.15) is 13.2 Å². The number of ketones is 1. The van der Waals surface area contributed by atoms with E-state index in [9.17, 15) is 18.0 Å². The molecule has 4 nitrogen and oxygen atoms in total. The molecule has 2 heterocycles. The summed E-state index contributed by atoms with van der Waals surface area (Å²) in [5.74, 6) is -0.175. The van der Waals surface area contributed by atoms with E-state index in [1.54, 1.807) is 18.3 Å². The Labute approximate surface area is 202 Å². The molecular weight excluding hydrogens is 453 g/mol. The van der Waals surface area contributed by atoms with Gasteiger partial charge in [-0.15, -0.1) is 0 Å².